The Balaban J connectivity index is 2.05. The zero-order chi connectivity index (χ0) is 19.7. The summed E-state index contributed by atoms with van der Waals surface area (Å²) in [6, 6.07) is 17.6. The van der Waals surface area contributed by atoms with Crippen molar-refractivity contribution < 1.29 is 19.1 Å². The molecule has 0 spiro atoms. The zero-order valence-corrected chi connectivity index (χ0v) is 16.3. The van der Waals surface area contributed by atoms with E-state index in [1.807, 2.05) is 66.7 Å². The number of benzene rings is 2. The van der Waals surface area contributed by atoms with Gasteiger partial charge < -0.3 is 9.47 Å². The lowest BCUT2D eigenvalue weighted by Gasteiger charge is -2.22. The first-order valence-corrected chi connectivity index (χ1v) is 8.87. The topological polar surface area (TPSA) is 56.8 Å². The van der Waals surface area contributed by atoms with E-state index in [0.29, 0.717) is 6.42 Å². The molecule has 0 heterocycles. The number of carbonyl (C=O) groups is 1. The predicted octanol–water partition coefficient (Wildman–Crippen LogP) is 5.30. The van der Waals surface area contributed by atoms with Crippen LogP contribution in [0.3, 0.4) is 0 Å². The molecule has 0 aliphatic rings. The van der Waals surface area contributed by atoms with Crippen LogP contribution >= 0.6 is 0 Å². The van der Waals surface area contributed by atoms with Gasteiger partial charge >= 0.3 is 6.09 Å². The summed E-state index contributed by atoms with van der Waals surface area (Å²) in [5, 5.41) is 0. The van der Waals surface area contributed by atoms with E-state index in [9.17, 15) is 4.79 Å². The number of hydrogen-bond acceptors (Lipinski definition) is 4. The van der Waals surface area contributed by atoms with E-state index in [-0.39, 0.29) is 6.10 Å². The van der Waals surface area contributed by atoms with Gasteiger partial charge in [0.25, 0.3) is 0 Å². The van der Waals surface area contributed by atoms with Gasteiger partial charge in [-0.2, -0.15) is 5.48 Å². The quantitative estimate of drug-likeness (QED) is 0.673. The largest absolute Gasteiger partial charge is 0.497 e. The fraction of sp³-hybridized carbons (Fsp3) is 0.318. The molecule has 0 aromatic heterocycles. The molecule has 1 atom stereocenters. The first-order chi connectivity index (χ1) is 12.9. The van der Waals surface area contributed by atoms with Crippen molar-refractivity contribution in [1.82, 2.24) is 5.48 Å². The van der Waals surface area contributed by atoms with Crippen molar-refractivity contribution in [2.45, 2.75) is 38.9 Å². The maximum Gasteiger partial charge on any atom is 0.431 e. The molecule has 0 aliphatic heterocycles. The normalized spacial score (nSPS) is 12.6. The number of methoxy groups -OCH3 is 1. The van der Waals surface area contributed by atoms with Crippen molar-refractivity contribution in [3.63, 3.8) is 0 Å². The summed E-state index contributed by atoms with van der Waals surface area (Å²) >= 11 is 0. The molecule has 2 aromatic carbocycles. The van der Waals surface area contributed by atoms with Crippen LogP contribution in [-0.4, -0.2) is 18.8 Å². The molecule has 2 aromatic rings. The molecular formula is C22H27NO4. The Labute approximate surface area is 160 Å². The van der Waals surface area contributed by atoms with Gasteiger partial charge in [-0.1, -0.05) is 54.6 Å². The van der Waals surface area contributed by atoms with Gasteiger partial charge in [0, 0.05) is 0 Å². The van der Waals surface area contributed by atoms with Crippen LogP contribution in [0.5, 0.6) is 5.75 Å². The van der Waals surface area contributed by atoms with Gasteiger partial charge in [-0.05, 0) is 50.5 Å². The van der Waals surface area contributed by atoms with Crippen LogP contribution in [0.2, 0.25) is 0 Å². The zero-order valence-electron chi connectivity index (χ0n) is 16.3. The fourth-order valence-electron chi connectivity index (χ4n) is 2.38. The Bertz CT molecular complexity index is 733. The second-order valence-corrected chi connectivity index (χ2v) is 7.03. The smallest absolute Gasteiger partial charge is 0.431 e. The summed E-state index contributed by atoms with van der Waals surface area (Å²) in [6.45, 7) is 5.41. The van der Waals surface area contributed by atoms with Gasteiger partial charge in [0.1, 0.15) is 17.5 Å². The highest BCUT2D eigenvalue weighted by molar-refractivity contribution is 5.66. The Morgan fingerprint density at radius 2 is 1.74 bits per heavy atom. The van der Waals surface area contributed by atoms with Gasteiger partial charge in [0.15, 0.2) is 0 Å². The molecule has 0 saturated heterocycles. The number of carbonyl (C=O) groups excluding carboxylic acids is 1. The number of nitrogens with one attached hydrogen (secondary N) is 1. The SMILES string of the molecule is COc1ccc(C(C/C=C/c2ccccc2)ONC(=O)OC(C)(C)C)cc1. The minimum atomic E-state index is -0.618. The predicted molar refractivity (Wildman–Crippen MR) is 106 cm³/mol. The monoisotopic (exact) mass is 369 g/mol. The lowest BCUT2D eigenvalue weighted by atomic mass is 10.1. The van der Waals surface area contributed by atoms with E-state index in [4.69, 9.17) is 14.3 Å². The lowest BCUT2D eigenvalue weighted by Crippen LogP contribution is -2.33. The summed E-state index contributed by atoms with van der Waals surface area (Å²) < 4.78 is 10.4. The molecule has 1 N–H and O–H groups in total. The van der Waals surface area contributed by atoms with Gasteiger partial charge in [0.2, 0.25) is 0 Å². The minimum Gasteiger partial charge on any atom is -0.497 e. The number of hydroxylamine groups is 1. The Hall–Kier alpha value is -2.79. The average molecular weight is 369 g/mol. The number of rotatable bonds is 7. The molecule has 144 valence electrons. The van der Waals surface area contributed by atoms with Gasteiger partial charge in [-0.15, -0.1) is 0 Å². The molecule has 0 radical (unpaired) electrons. The van der Waals surface area contributed by atoms with Crippen molar-refractivity contribution in [2.75, 3.05) is 7.11 Å². The highest BCUT2D eigenvalue weighted by Crippen LogP contribution is 2.24. The third kappa shape index (κ3) is 7.54. The first kappa shape index (κ1) is 20.5. The maximum atomic E-state index is 11.9. The molecule has 0 saturated carbocycles. The standard InChI is InChI=1S/C22H27NO4/c1-22(2,3)26-21(24)23-27-20(18-13-15-19(25-4)16-14-18)12-8-11-17-9-6-5-7-10-17/h5-11,13-16,20H,12H2,1-4H3,(H,23,24)/b11-8+. The van der Waals surface area contributed by atoms with Crippen molar-refractivity contribution in [3.8, 4) is 5.75 Å². The molecule has 1 amide bonds. The van der Waals surface area contributed by atoms with Crippen LogP contribution in [0.1, 0.15) is 44.4 Å². The Morgan fingerprint density at radius 3 is 2.33 bits per heavy atom. The van der Waals surface area contributed by atoms with Crippen LogP contribution in [-0.2, 0) is 9.57 Å². The molecule has 5 nitrogen and oxygen atoms in total. The summed E-state index contributed by atoms with van der Waals surface area (Å²) in [5.74, 6) is 0.762. The minimum absolute atomic E-state index is 0.358. The molecule has 1 unspecified atom stereocenters. The third-order valence-corrected chi connectivity index (χ3v) is 3.63. The van der Waals surface area contributed by atoms with Gasteiger partial charge in [0.05, 0.1) is 7.11 Å². The molecule has 0 bridgehead atoms. The maximum absolute atomic E-state index is 11.9. The number of ether oxygens (including phenoxy) is 2. The summed E-state index contributed by atoms with van der Waals surface area (Å²) in [5.41, 5.74) is 3.83. The second kappa shape index (κ2) is 9.78. The van der Waals surface area contributed by atoms with E-state index < -0.39 is 11.7 Å². The molecule has 2 rings (SSSR count). The van der Waals surface area contributed by atoms with Crippen LogP contribution in [0.4, 0.5) is 4.79 Å². The average Bonchev–Trinajstić information content (AvgIpc) is 2.64. The highest BCUT2D eigenvalue weighted by atomic mass is 16.7. The van der Waals surface area contributed by atoms with E-state index in [1.54, 1.807) is 27.9 Å². The van der Waals surface area contributed by atoms with Crippen LogP contribution in [0.25, 0.3) is 6.08 Å². The second-order valence-electron chi connectivity index (χ2n) is 7.03. The first-order valence-electron chi connectivity index (χ1n) is 8.87. The van der Waals surface area contributed by atoms with Crippen LogP contribution in [0.15, 0.2) is 60.7 Å². The summed E-state index contributed by atoms with van der Waals surface area (Å²) in [4.78, 5) is 17.5. The van der Waals surface area contributed by atoms with Crippen LogP contribution < -0.4 is 10.2 Å². The molecule has 27 heavy (non-hydrogen) atoms. The molecule has 0 aliphatic carbocycles. The van der Waals surface area contributed by atoms with Crippen molar-refractivity contribution in [2.24, 2.45) is 0 Å². The fourth-order valence-corrected chi connectivity index (χ4v) is 2.38. The van der Waals surface area contributed by atoms with E-state index in [2.05, 4.69) is 5.48 Å². The number of amides is 1. The van der Waals surface area contributed by atoms with Crippen molar-refractivity contribution in [1.29, 1.82) is 0 Å². The lowest BCUT2D eigenvalue weighted by molar-refractivity contribution is -0.0425. The van der Waals surface area contributed by atoms with Gasteiger partial charge in [-0.3, -0.25) is 4.84 Å². The third-order valence-electron chi connectivity index (χ3n) is 3.63. The van der Waals surface area contributed by atoms with Crippen molar-refractivity contribution in [3.05, 3.63) is 71.8 Å². The molecule has 0 fully saturated rings. The summed E-state index contributed by atoms with van der Waals surface area (Å²) in [7, 11) is 1.62. The van der Waals surface area contributed by atoms with E-state index >= 15 is 0 Å². The van der Waals surface area contributed by atoms with E-state index in [1.165, 1.54) is 0 Å². The van der Waals surface area contributed by atoms with Crippen LogP contribution in [0, 0.1) is 0 Å². The molecule has 5 heteroatoms. The summed E-state index contributed by atoms with van der Waals surface area (Å²) in [6.07, 6.45) is 3.64. The Kier molecular flexibility index (Phi) is 7.44. The highest BCUT2D eigenvalue weighted by Gasteiger charge is 2.18. The van der Waals surface area contributed by atoms with Gasteiger partial charge in [-0.25, -0.2) is 4.79 Å². The van der Waals surface area contributed by atoms with E-state index in [0.717, 1.165) is 16.9 Å². The Morgan fingerprint density at radius 1 is 1.07 bits per heavy atom. The number of hydrogen-bond donors (Lipinski definition) is 1. The molecular weight excluding hydrogens is 342 g/mol. The van der Waals surface area contributed by atoms with Crippen molar-refractivity contribution >= 4 is 12.2 Å².